The average molecular weight is 461 g/mol. The van der Waals surface area contributed by atoms with Crippen LogP contribution in [0.5, 0.6) is 0 Å². The first-order chi connectivity index (χ1) is 16.0. The molecule has 2 aliphatic rings. The second kappa shape index (κ2) is 8.60. The lowest BCUT2D eigenvalue weighted by molar-refractivity contribution is 0.0697. The first-order valence-corrected chi connectivity index (χ1v) is 10.7. The van der Waals surface area contributed by atoms with E-state index in [1.807, 2.05) is 0 Å². The van der Waals surface area contributed by atoms with Gasteiger partial charge in [-0.1, -0.05) is 29.8 Å². The highest BCUT2D eigenvalue weighted by atomic mass is 35.5. The summed E-state index contributed by atoms with van der Waals surface area (Å²) in [5, 5.41) is 12.8. The van der Waals surface area contributed by atoms with E-state index in [9.17, 15) is 9.18 Å². The Balaban J connectivity index is 1.54. The molecule has 0 atom stereocenters. The first kappa shape index (κ1) is 21.0. The molecule has 1 aromatic heterocycles. The SMILES string of the molecule is O=C(O)c1ccc(Nc2ncc3c(n2)C2=CCCC(Cl)=C2C(c2ccccc2F)=NC3)cc1. The van der Waals surface area contributed by atoms with Gasteiger partial charge in [-0.3, -0.25) is 4.99 Å². The molecule has 2 N–H and O–H groups in total. The van der Waals surface area contributed by atoms with Crippen molar-refractivity contribution in [1.82, 2.24) is 9.97 Å². The summed E-state index contributed by atoms with van der Waals surface area (Å²) in [6, 6.07) is 12.8. The molecule has 1 aliphatic carbocycles. The highest BCUT2D eigenvalue weighted by Gasteiger charge is 2.29. The van der Waals surface area contributed by atoms with Gasteiger partial charge in [0.1, 0.15) is 5.82 Å². The number of carbonyl (C=O) groups is 1. The molecule has 0 saturated heterocycles. The normalized spacial score (nSPS) is 15.1. The monoisotopic (exact) mass is 460 g/mol. The zero-order valence-corrected chi connectivity index (χ0v) is 18.1. The summed E-state index contributed by atoms with van der Waals surface area (Å²) in [5.41, 5.74) is 4.77. The molecule has 0 spiro atoms. The Morgan fingerprint density at radius 1 is 1.12 bits per heavy atom. The van der Waals surface area contributed by atoms with Crippen molar-refractivity contribution < 1.29 is 14.3 Å². The quantitative estimate of drug-likeness (QED) is 0.519. The van der Waals surface area contributed by atoms with E-state index in [2.05, 4.69) is 16.4 Å². The maximum Gasteiger partial charge on any atom is 0.335 e. The van der Waals surface area contributed by atoms with E-state index in [1.54, 1.807) is 36.5 Å². The number of hydrogen-bond donors (Lipinski definition) is 2. The van der Waals surface area contributed by atoms with Crippen LogP contribution in [0.1, 0.15) is 40.0 Å². The molecule has 33 heavy (non-hydrogen) atoms. The molecule has 2 heterocycles. The van der Waals surface area contributed by atoms with Crippen LogP contribution in [-0.4, -0.2) is 26.8 Å². The molecule has 0 radical (unpaired) electrons. The number of benzene rings is 2. The van der Waals surface area contributed by atoms with E-state index < -0.39 is 5.97 Å². The molecular formula is C25H18ClFN4O2. The number of aliphatic imine (C=N–C) groups is 1. The Labute approximate surface area is 194 Å². The van der Waals surface area contributed by atoms with Gasteiger partial charge >= 0.3 is 5.97 Å². The van der Waals surface area contributed by atoms with Crippen LogP contribution in [0.25, 0.3) is 5.57 Å². The summed E-state index contributed by atoms with van der Waals surface area (Å²) >= 11 is 6.66. The number of nitrogens with one attached hydrogen (secondary N) is 1. The minimum absolute atomic E-state index is 0.193. The van der Waals surface area contributed by atoms with Gasteiger partial charge < -0.3 is 10.4 Å². The van der Waals surface area contributed by atoms with Crippen LogP contribution in [0.2, 0.25) is 0 Å². The Hall–Kier alpha value is -3.84. The van der Waals surface area contributed by atoms with Gasteiger partial charge in [0.05, 0.1) is 23.5 Å². The number of anilines is 2. The largest absolute Gasteiger partial charge is 0.478 e. The number of aromatic nitrogens is 2. The van der Waals surface area contributed by atoms with Gasteiger partial charge in [-0.2, -0.15) is 0 Å². The molecule has 6 nitrogen and oxygen atoms in total. The van der Waals surface area contributed by atoms with E-state index >= 15 is 0 Å². The van der Waals surface area contributed by atoms with Crippen LogP contribution < -0.4 is 5.32 Å². The van der Waals surface area contributed by atoms with Gasteiger partial charge in [0.2, 0.25) is 5.95 Å². The van der Waals surface area contributed by atoms with E-state index in [0.717, 1.165) is 17.6 Å². The molecule has 5 rings (SSSR count). The van der Waals surface area contributed by atoms with Crippen molar-refractivity contribution in [2.24, 2.45) is 4.99 Å². The summed E-state index contributed by atoms with van der Waals surface area (Å²) < 4.78 is 14.7. The first-order valence-electron chi connectivity index (χ1n) is 10.4. The number of halogens is 2. The second-order valence-electron chi connectivity index (χ2n) is 7.66. The Kier molecular flexibility index (Phi) is 5.48. The molecule has 0 amide bonds. The van der Waals surface area contributed by atoms with Crippen molar-refractivity contribution in [3.63, 3.8) is 0 Å². The number of nitrogens with zero attached hydrogens (tertiary/aromatic N) is 3. The number of carboxylic acids is 1. The van der Waals surface area contributed by atoms with Crippen LogP contribution in [-0.2, 0) is 6.54 Å². The minimum atomic E-state index is -0.992. The summed E-state index contributed by atoms with van der Waals surface area (Å²) in [4.78, 5) is 24.9. The standard InChI is InChI=1S/C25H18ClFN4O2/c26-19-6-3-5-18-21(19)23(17-4-1-2-7-20(17)27)28-12-15-13-29-25(31-22(15)18)30-16-10-8-14(9-11-16)24(32)33/h1-2,4-5,7-11,13H,3,6,12H2,(H,32,33)(H,29,30,31). The highest BCUT2D eigenvalue weighted by molar-refractivity contribution is 6.37. The van der Waals surface area contributed by atoms with E-state index in [1.165, 1.54) is 18.2 Å². The van der Waals surface area contributed by atoms with Crippen molar-refractivity contribution in [2.75, 3.05) is 5.32 Å². The predicted molar refractivity (Wildman–Crippen MR) is 125 cm³/mol. The Morgan fingerprint density at radius 3 is 2.67 bits per heavy atom. The van der Waals surface area contributed by atoms with Crippen LogP contribution in [0.15, 0.2) is 76.4 Å². The molecule has 0 saturated carbocycles. The maximum atomic E-state index is 14.7. The summed E-state index contributed by atoms with van der Waals surface area (Å²) in [6.07, 6.45) is 5.14. The Morgan fingerprint density at radius 2 is 1.91 bits per heavy atom. The van der Waals surface area contributed by atoms with E-state index in [-0.39, 0.29) is 17.9 Å². The topological polar surface area (TPSA) is 87.5 Å². The third-order valence-corrected chi connectivity index (χ3v) is 5.91. The third kappa shape index (κ3) is 4.03. The zero-order chi connectivity index (χ0) is 22.9. The molecule has 0 bridgehead atoms. The number of hydrogen-bond acceptors (Lipinski definition) is 5. The molecule has 3 aromatic rings. The number of fused-ring (bicyclic) bond motifs is 3. The maximum absolute atomic E-state index is 14.7. The van der Waals surface area contributed by atoms with Crippen LogP contribution in [0, 0.1) is 5.82 Å². The molecule has 1 aliphatic heterocycles. The van der Waals surface area contributed by atoms with Crippen molar-refractivity contribution in [2.45, 2.75) is 19.4 Å². The van der Waals surface area contributed by atoms with Crippen molar-refractivity contribution >= 4 is 40.5 Å². The molecule has 8 heteroatoms. The van der Waals surface area contributed by atoms with Crippen molar-refractivity contribution in [1.29, 1.82) is 0 Å². The number of rotatable bonds is 4. The molecule has 2 aromatic carbocycles. The van der Waals surface area contributed by atoms with E-state index in [0.29, 0.717) is 45.6 Å². The number of aromatic carboxylic acids is 1. The minimum Gasteiger partial charge on any atom is -0.478 e. The number of carboxylic acid groups (broad SMARTS) is 1. The number of allylic oxidation sites excluding steroid dienone is 4. The van der Waals surface area contributed by atoms with Gasteiger partial charge in [0.15, 0.2) is 0 Å². The lowest BCUT2D eigenvalue weighted by Gasteiger charge is -2.20. The van der Waals surface area contributed by atoms with Crippen LogP contribution in [0.3, 0.4) is 0 Å². The summed E-state index contributed by atoms with van der Waals surface area (Å²) in [6.45, 7) is 0.289. The van der Waals surface area contributed by atoms with Gasteiger partial charge in [0.25, 0.3) is 0 Å². The molecular weight excluding hydrogens is 443 g/mol. The van der Waals surface area contributed by atoms with Gasteiger partial charge in [-0.05, 0) is 49.2 Å². The van der Waals surface area contributed by atoms with E-state index in [4.69, 9.17) is 26.7 Å². The molecule has 0 unspecified atom stereocenters. The summed E-state index contributed by atoms with van der Waals surface area (Å²) in [5.74, 6) is -0.996. The predicted octanol–water partition coefficient (Wildman–Crippen LogP) is 5.73. The van der Waals surface area contributed by atoms with Gasteiger partial charge in [-0.15, -0.1) is 0 Å². The van der Waals surface area contributed by atoms with Crippen molar-refractivity contribution in [3.8, 4) is 0 Å². The lowest BCUT2D eigenvalue weighted by atomic mass is 9.88. The van der Waals surface area contributed by atoms with Crippen LogP contribution in [0.4, 0.5) is 16.0 Å². The lowest BCUT2D eigenvalue weighted by Crippen LogP contribution is -2.13. The fourth-order valence-corrected chi connectivity index (χ4v) is 4.25. The smallest absolute Gasteiger partial charge is 0.335 e. The fourth-order valence-electron chi connectivity index (χ4n) is 3.95. The fraction of sp³-hybridized carbons (Fsp3) is 0.120. The summed E-state index contributed by atoms with van der Waals surface area (Å²) in [7, 11) is 0. The average Bonchev–Trinajstić information content (AvgIpc) is 2.98. The van der Waals surface area contributed by atoms with Crippen molar-refractivity contribution in [3.05, 3.63) is 99.6 Å². The molecule has 164 valence electrons. The highest BCUT2D eigenvalue weighted by Crippen LogP contribution is 2.39. The van der Waals surface area contributed by atoms with Gasteiger partial charge in [-0.25, -0.2) is 19.2 Å². The van der Waals surface area contributed by atoms with Gasteiger partial charge in [0, 0.05) is 39.2 Å². The second-order valence-corrected chi connectivity index (χ2v) is 8.11. The third-order valence-electron chi connectivity index (χ3n) is 5.53. The Bertz CT molecular complexity index is 1360. The zero-order valence-electron chi connectivity index (χ0n) is 17.3. The molecule has 0 fully saturated rings. The van der Waals surface area contributed by atoms with Crippen LogP contribution >= 0.6 is 11.6 Å².